The zero-order valence-electron chi connectivity index (χ0n) is 15.5. The minimum absolute atomic E-state index is 0.0665. The lowest BCUT2D eigenvalue weighted by Gasteiger charge is -2.25. The van der Waals surface area contributed by atoms with Gasteiger partial charge in [0.05, 0.1) is 13.0 Å². The summed E-state index contributed by atoms with van der Waals surface area (Å²) in [4.78, 5) is 40.5. The van der Waals surface area contributed by atoms with Crippen LogP contribution in [-0.2, 0) is 16.1 Å². The predicted octanol–water partition coefficient (Wildman–Crippen LogP) is 1.11. The Morgan fingerprint density at radius 3 is 2.81 bits per heavy atom. The van der Waals surface area contributed by atoms with Crippen LogP contribution in [0.2, 0.25) is 0 Å². The third-order valence-electron chi connectivity index (χ3n) is 4.60. The molecule has 1 aliphatic rings. The molecule has 2 aromatic rings. The Morgan fingerprint density at radius 1 is 1.33 bits per heavy atom. The fraction of sp³-hybridized carbons (Fsp3) is 0.368. The van der Waals surface area contributed by atoms with Gasteiger partial charge in [-0.2, -0.15) is 4.98 Å². The van der Waals surface area contributed by atoms with Crippen molar-refractivity contribution in [2.75, 3.05) is 19.0 Å². The van der Waals surface area contributed by atoms with Crippen LogP contribution in [0.3, 0.4) is 0 Å². The summed E-state index contributed by atoms with van der Waals surface area (Å²) in [6, 6.07) is 7.04. The van der Waals surface area contributed by atoms with Gasteiger partial charge >= 0.3 is 5.69 Å². The molecule has 27 heavy (non-hydrogen) atoms. The van der Waals surface area contributed by atoms with E-state index in [2.05, 4.69) is 15.6 Å². The van der Waals surface area contributed by atoms with Crippen LogP contribution in [-0.4, -0.2) is 35.0 Å². The zero-order chi connectivity index (χ0) is 19.6. The van der Waals surface area contributed by atoms with Crippen LogP contribution in [0.5, 0.6) is 5.75 Å². The molecule has 1 aromatic heterocycles. The number of nitrogens with one attached hydrogen (secondary N) is 2. The lowest BCUT2D eigenvalue weighted by molar-refractivity contribution is -0.126. The molecule has 2 N–H and O–H groups in total. The maximum Gasteiger partial charge on any atom is 0.348 e. The van der Waals surface area contributed by atoms with Gasteiger partial charge in [0, 0.05) is 36.6 Å². The Kier molecular flexibility index (Phi) is 5.25. The van der Waals surface area contributed by atoms with Crippen molar-refractivity contribution in [2.24, 2.45) is 0 Å². The number of carbonyl (C=O) groups excluding carboxylic acids is 2. The quantitative estimate of drug-likeness (QED) is 0.821. The summed E-state index contributed by atoms with van der Waals surface area (Å²) >= 11 is 0. The maximum absolute atomic E-state index is 12.7. The Bertz CT molecular complexity index is 951. The minimum atomic E-state index is -0.599. The number of fused-ring (bicyclic) bond motifs is 1. The van der Waals surface area contributed by atoms with E-state index in [1.165, 1.54) is 4.57 Å². The molecular formula is C19H22N4O4. The zero-order valence-corrected chi connectivity index (χ0v) is 15.5. The lowest BCUT2D eigenvalue weighted by Crippen LogP contribution is -2.38. The van der Waals surface area contributed by atoms with Crippen molar-refractivity contribution in [2.45, 2.75) is 32.7 Å². The molecule has 0 fully saturated rings. The number of aromatic nitrogens is 2. The van der Waals surface area contributed by atoms with Gasteiger partial charge in [-0.05, 0) is 43.7 Å². The average molecular weight is 370 g/mol. The first kappa shape index (κ1) is 18.6. The van der Waals surface area contributed by atoms with E-state index < -0.39 is 5.92 Å². The number of hydrogen-bond acceptors (Lipinski definition) is 5. The third-order valence-corrected chi connectivity index (χ3v) is 4.60. The van der Waals surface area contributed by atoms with Crippen molar-refractivity contribution < 1.29 is 14.3 Å². The van der Waals surface area contributed by atoms with Crippen molar-refractivity contribution in [1.82, 2.24) is 14.9 Å². The molecule has 0 aliphatic carbocycles. The number of ether oxygens (including phenoxy) is 1. The van der Waals surface area contributed by atoms with Crippen LogP contribution in [0.1, 0.15) is 29.3 Å². The average Bonchev–Trinajstić information content (AvgIpc) is 2.62. The second-order valence-electron chi connectivity index (χ2n) is 6.52. The fourth-order valence-corrected chi connectivity index (χ4v) is 3.26. The molecule has 0 unspecified atom stereocenters. The van der Waals surface area contributed by atoms with Crippen LogP contribution in [0.15, 0.2) is 29.1 Å². The smallest absolute Gasteiger partial charge is 0.348 e. The Hall–Kier alpha value is -3.16. The highest BCUT2D eigenvalue weighted by molar-refractivity contribution is 6.01. The van der Waals surface area contributed by atoms with Crippen molar-refractivity contribution in [3.05, 3.63) is 51.7 Å². The van der Waals surface area contributed by atoms with Gasteiger partial charge < -0.3 is 15.4 Å². The van der Waals surface area contributed by atoms with E-state index in [4.69, 9.17) is 4.74 Å². The molecule has 1 atom stereocenters. The number of nitrogens with zero attached hydrogens (tertiary/aromatic N) is 2. The first-order valence-corrected chi connectivity index (χ1v) is 8.69. The van der Waals surface area contributed by atoms with E-state index in [0.29, 0.717) is 23.7 Å². The lowest BCUT2D eigenvalue weighted by atomic mass is 9.89. The van der Waals surface area contributed by atoms with Crippen molar-refractivity contribution >= 4 is 17.5 Å². The summed E-state index contributed by atoms with van der Waals surface area (Å²) in [6.07, 6.45) is 0.0665. The molecule has 0 radical (unpaired) electrons. The second kappa shape index (κ2) is 7.61. The maximum atomic E-state index is 12.7. The molecule has 1 aromatic carbocycles. The molecule has 0 spiro atoms. The Balaban J connectivity index is 1.72. The number of carbonyl (C=O) groups is 2. The number of anilines is 1. The summed E-state index contributed by atoms with van der Waals surface area (Å²) in [5, 5.41) is 5.59. The van der Waals surface area contributed by atoms with Crippen molar-refractivity contribution in [1.29, 1.82) is 0 Å². The molecular weight excluding hydrogens is 348 g/mol. The molecule has 2 amide bonds. The van der Waals surface area contributed by atoms with Crippen LogP contribution in [0, 0.1) is 13.8 Å². The van der Waals surface area contributed by atoms with E-state index >= 15 is 0 Å². The van der Waals surface area contributed by atoms with E-state index in [1.807, 2.05) is 13.0 Å². The first-order valence-electron chi connectivity index (χ1n) is 8.69. The highest BCUT2D eigenvalue weighted by Crippen LogP contribution is 2.34. The standard InChI is InChI=1S/C19H22N4O4/c1-11-8-12(2)23(19(26)21-11)7-6-20-18(25)15-10-17(24)22-16-5-4-13(27-3)9-14(15)16/h4-5,8-9,15H,6-7,10H2,1-3H3,(H,20,25)(H,22,24)/t15-/m1/s1. The van der Waals surface area contributed by atoms with Crippen molar-refractivity contribution in [3.8, 4) is 5.75 Å². The van der Waals surface area contributed by atoms with E-state index in [9.17, 15) is 14.4 Å². The second-order valence-corrected chi connectivity index (χ2v) is 6.52. The number of amides is 2. The van der Waals surface area contributed by atoms with Crippen LogP contribution < -0.4 is 21.1 Å². The van der Waals surface area contributed by atoms with Crippen LogP contribution in [0.4, 0.5) is 5.69 Å². The largest absolute Gasteiger partial charge is 0.497 e. The van der Waals surface area contributed by atoms with Gasteiger partial charge in [-0.3, -0.25) is 14.2 Å². The van der Waals surface area contributed by atoms with E-state index in [-0.39, 0.29) is 30.5 Å². The molecule has 8 nitrogen and oxygen atoms in total. The van der Waals surface area contributed by atoms with Gasteiger partial charge in [-0.15, -0.1) is 0 Å². The number of benzene rings is 1. The monoisotopic (exact) mass is 370 g/mol. The first-order chi connectivity index (χ1) is 12.9. The normalized spacial score (nSPS) is 15.7. The summed E-state index contributed by atoms with van der Waals surface area (Å²) in [5.41, 5.74) is 2.44. The molecule has 142 valence electrons. The molecule has 8 heteroatoms. The topological polar surface area (TPSA) is 102 Å². The fourth-order valence-electron chi connectivity index (χ4n) is 3.26. The number of hydrogen-bond donors (Lipinski definition) is 2. The van der Waals surface area contributed by atoms with Gasteiger partial charge in [0.15, 0.2) is 0 Å². The highest BCUT2D eigenvalue weighted by atomic mass is 16.5. The number of methoxy groups -OCH3 is 1. The summed E-state index contributed by atoms with van der Waals surface area (Å²) < 4.78 is 6.73. The Labute approximate surface area is 156 Å². The van der Waals surface area contributed by atoms with E-state index in [0.717, 1.165) is 11.3 Å². The van der Waals surface area contributed by atoms with Gasteiger partial charge in [0.2, 0.25) is 11.8 Å². The van der Waals surface area contributed by atoms with Gasteiger partial charge in [0.1, 0.15) is 5.75 Å². The molecule has 0 saturated heterocycles. The van der Waals surface area contributed by atoms with Gasteiger partial charge in [-0.1, -0.05) is 0 Å². The molecule has 2 heterocycles. The van der Waals surface area contributed by atoms with Crippen LogP contribution >= 0.6 is 0 Å². The number of rotatable bonds is 5. The van der Waals surface area contributed by atoms with Crippen molar-refractivity contribution in [3.63, 3.8) is 0 Å². The SMILES string of the molecule is COc1ccc2c(c1)[C@H](C(=O)NCCn1c(C)cc(C)nc1=O)CC(=O)N2. The minimum Gasteiger partial charge on any atom is -0.497 e. The molecule has 0 saturated carbocycles. The molecule has 1 aliphatic heterocycles. The molecule has 0 bridgehead atoms. The third kappa shape index (κ3) is 3.99. The Morgan fingerprint density at radius 2 is 2.11 bits per heavy atom. The van der Waals surface area contributed by atoms with Crippen LogP contribution in [0.25, 0.3) is 0 Å². The predicted molar refractivity (Wildman–Crippen MR) is 100.0 cm³/mol. The number of aryl methyl sites for hydroxylation is 2. The highest BCUT2D eigenvalue weighted by Gasteiger charge is 2.30. The van der Waals surface area contributed by atoms with E-state index in [1.54, 1.807) is 32.2 Å². The summed E-state index contributed by atoms with van der Waals surface area (Å²) in [5.74, 6) is -0.443. The molecule has 3 rings (SSSR count). The summed E-state index contributed by atoms with van der Waals surface area (Å²) in [6.45, 7) is 4.17. The summed E-state index contributed by atoms with van der Waals surface area (Å²) in [7, 11) is 1.55. The van der Waals surface area contributed by atoms with Gasteiger partial charge in [0.25, 0.3) is 0 Å². The van der Waals surface area contributed by atoms with Gasteiger partial charge in [-0.25, -0.2) is 4.79 Å².